The highest BCUT2D eigenvalue weighted by Crippen LogP contribution is 2.28. The molecule has 0 bridgehead atoms. The number of aliphatic hydroxyl groups excluding tert-OH is 1. The minimum atomic E-state index is -3.69. The third-order valence-corrected chi connectivity index (χ3v) is 5.61. The van der Waals surface area contributed by atoms with E-state index < -0.39 is 16.1 Å². The maximum absolute atomic E-state index is 12.1. The number of methoxy groups -OCH3 is 1. The highest BCUT2D eigenvalue weighted by molar-refractivity contribution is 9.11. The van der Waals surface area contributed by atoms with Gasteiger partial charge >= 0.3 is 0 Å². The molecular weight excluding hydrogens is 402 g/mol. The quantitative estimate of drug-likeness (QED) is 0.741. The number of ether oxygens (including phenoxy) is 1. The molecule has 0 aliphatic heterocycles. The average molecular weight is 417 g/mol. The van der Waals surface area contributed by atoms with Gasteiger partial charge in [-0.1, -0.05) is 15.9 Å². The fourth-order valence-corrected chi connectivity index (χ4v) is 4.12. The lowest BCUT2D eigenvalue weighted by Gasteiger charge is -2.13. The molecule has 1 aromatic carbocycles. The zero-order chi connectivity index (χ0) is 14.6. The molecule has 1 aromatic rings. The summed E-state index contributed by atoms with van der Waals surface area (Å²) >= 11 is 6.52. The first-order valence-electron chi connectivity index (χ1n) is 5.40. The first kappa shape index (κ1) is 17.1. The Hall–Kier alpha value is 0.01000. The molecule has 0 amide bonds. The number of benzene rings is 1. The number of nitrogens with one attached hydrogen (secondary N) is 1. The number of halogens is 2. The molecule has 0 spiro atoms. The molecule has 0 saturated heterocycles. The molecule has 0 saturated carbocycles. The van der Waals surface area contributed by atoms with Crippen molar-refractivity contribution in [2.24, 2.45) is 0 Å². The van der Waals surface area contributed by atoms with Gasteiger partial charge in [0.05, 0.1) is 17.6 Å². The van der Waals surface area contributed by atoms with E-state index >= 15 is 0 Å². The number of aryl methyl sites for hydroxylation is 1. The first-order chi connectivity index (χ1) is 8.77. The SMILES string of the molecule is COCC(O)CNS(=O)(=O)c1cc(Br)c(C)cc1Br. The van der Waals surface area contributed by atoms with Gasteiger partial charge in [-0.2, -0.15) is 0 Å². The lowest BCUT2D eigenvalue weighted by molar-refractivity contribution is 0.0679. The molecule has 108 valence electrons. The maximum atomic E-state index is 12.1. The fraction of sp³-hybridized carbons (Fsp3) is 0.455. The van der Waals surface area contributed by atoms with Crippen molar-refractivity contribution in [1.82, 2.24) is 4.72 Å². The minimum absolute atomic E-state index is 0.0707. The van der Waals surface area contributed by atoms with Gasteiger partial charge in [-0.05, 0) is 40.5 Å². The molecule has 0 heterocycles. The second-order valence-corrected chi connectivity index (χ2v) is 7.44. The molecule has 1 rings (SSSR count). The van der Waals surface area contributed by atoms with Gasteiger partial charge in [0.2, 0.25) is 10.0 Å². The standard InChI is InChI=1S/C11H15Br2NO4S/c1-7-3-10(13)11(4-9(7)12)19(16,17)14-5-8(15)6-18-2/h3-4,8,14-15H,5-6H2,1-2H3. The highest BCUT2D eigenvalue weighted by atomic mass is 79.9. The third kappa shape index (κ3) is 4.80. The molecule has 0 aliphatic carbocycles. The summed E-state index contributed by atoms with van der Waals surface area (Å²) in [5.41, 5.74) is 0.922. The molecule has 19 heavy (non-hydrogen) atoms. The van der Waals surface area contributed by atoms with E-state index in [0.717, 1.165) is 5.56 Å². The molecule has 1 atom stereocenters. The topological polar surface area (TPSA) is 75.6 Å². The number of sulfonamides is 1. The van der Waals surface area contributed by atoms with Crippen LogP contribution in [0.15, 0.2) is 26.0 Å². The first-order valence-corrected chi connectivity index (χ1v) is 8.47. The van der Waals surface area contributed by atoms with Crippen molar-refractivity contribution in [2.45, 2.75) is 17.9 Å². The van der Waals surface area contributed by atoms with Crippen molar-refractivity contribution in [3.63, 3.8) is 0 Å². The van der Waals surface area contributed by atoms with E-state index in [-0.39, 0.29) is 18.0 Å². The molecule has 0 fully saturated rings. The normalized spacial score (nSPS) is 13.5. The molecule has 0 aromatic heterocycles. The Morgan fingerprint density at radius 2 is 2.00 bits per heavy atom. The van der Waals surface area contributed by atoms with Gasteiger partial charge in [-0.3, -0.25) is 0 Å². The van der Waals surface area contributed by atoms with E-state index in [0.29, 0.717) is 8.95 Å². The zero-order valence-corrected chi connectivity index (χ0v) is 14.5. The summed E-state index contributed by atoms with van der Waals surface area (Å²) in [6.07, 6.45) is -0.882. The van der Waals surface area contributed by atoms with Crippen molar-refractivity contribution in [1.29, 1.82) is 0 Å². The number of aliphatic hydroxyl groups is 1. The van der Waals surface area contributed by atoms with Gasteiger partial charge in [-0.25, -0.2) is 13.1 Å². The van der Waals surface area contributed by atoms with Gasteiger partial charge in [0, 0.05) is 22.6 Å². The van der Waals surface area contributed by atoms with Gasteiger partial charge in [0.25, 0.3) is 0 Å². The summed E-state index contributed by atoms with van der Waals surface area (Å²) in [4.78, 5) is 0.120. The van der Waals surface area contributed by atoms with Crippen LogP contribution in [0.3, 0.4) is 0 Å². The minimum Gasteiger partial charge on any atom is -0.389 e. The van der Waals surface area contributed by atoms with Crippen LogP contribution in [0.2, 0.25) is 0 Å². The van der Waals surface area contributed by atoms with Crippen LogP contribution in [0.5, 0.6) is 0 Å². The zero-order valence-electron chi connectivity index (χ0n) is 10.5. The van der Waals surface area contributed by atoms with E-state index in [9.17, 15) is 13.5 Å². The fourth-order valence-electron chi connectivity index (χ4n) is 1.37. The Morgan fingerprint density at radius 3 is 2.58 bits per heavy atom. The smallest absolute Gasteiger partial charge is 0.241 e. The predicted molar refractivity (Wildman–Crippen MR) is 79.7 cm³/mol. The van der Waals surface area contributed by atoms with Gasteiger partial charge in [0.1, 0.15) is 0 Å². The summed E-state index contributed by atoms with van der Waals surface area (Å²) in [6, 6.07) is 3.23. The van der Waals surface area contributed by atoms with Crippen molar-refractivity contribution in [3.05, 3.63) is 26.6 Å². The van der Waals surface area contributed by atoms with Gasteiger partial charge in [0.15, 0.2) is 0 Å². The Balaban J connectivity index is 2.92. The summed E-state index contributed by atoms with van der Waals surface area (Å²) in [5, 5.41) is 9.45. The Morgan fingerprint density at radius 1 is 1.37 bits per heavy atom. The van der Waals surface area contributed by atoms with Crippen LogP contribution < -0.4 is 4.72 Å². The molecule has 1 unspecified atom stereocenters. The van der Waals surface area contributed by atoms with E-state index in [2.05, 4.69) is 36.6 Å². The lowest BCUT2D eigenvalue weighted by Crippen LogP contribution is -2.34. The highest BCUT2D eigenvalue weighted by Gasteiger charge is 2.20. The van der Waals surface area contributed by atoms with Gasteiger partial charge < -0.3 is 9.84 Å². The van der Waals surface area contributed by atoms with E-state index in [1.54, 1.807) is 6.07 Å². The summed E-state index contributed by atoms with van der Waals surface area (Å²) in [6.45, 7) is 1.83. The molecule has 2 N–H and O–H groups in total. The second kappa shape index (κ2) is 7.14. The molecule has 0 aliphatic rings. The van der Waals surface area contributed by atoms with E-state index in [1.807, 2.05) is 6.92 Å². The van der Waals surface area contributed by atoms with Crippen LogP contribution in [0, 0.1) is 6.92 Å². The molecule has 8 heteroatoms. The Labute approximate surface area is 129 Å². The van der Waals surface area contributed by atoms with Crippen LogP contribution in [0.25, 0.3) is 0 Å². The van der Waals surface area contributed by atoms with Crippen molar-refractivity contribution < 1.29 is 18.3 Å². The van der Waals surface area contributed by atoms with Crippen LogP contribution >= 0.6 is 31.9 Å². The molecule has 5 nitrogen and oxygen atoms in total. The largest absolute Gasteiger partial charge is 0.389 e. The Bertz CT molecular complexity index is 548. The summed E-state index contributed by atoms with van der Waals surface area (Å²) in [5.74, 6) is 0. The van der Waals surface area contributed by atoms with E-state index in [1.165, 1.54) is 13.2 Å². The van der Waals surface area contributed by atoms with Crippen LogP contribution in [-0.4, -0.2) is 39.9 Å². The third-order valence-electron chi connectivity index (χ3n) is 2.37. The lowest BCUT2D eigenvalue weighted by atomic mass is 10.2. The summed E-state index contributed by atoms with van der Waals surface area (Å²) in [7, 11) is -2.25. The van der Waals surface area contributed by atoms with Crippen LogP contribution in [0.1, 0.15) is 5.56 Å². The van der Waals surface area contributed by atoms with Crippen molar-refractivity contribution in [3.8, 4) is 0 Å². The number of rotatable bonds is 6. The average Bonchev–Trinajstić information content (AvgIpc) is 2.31. The second-order valence-electron chi connectivity index (χ2n) is 3.99. The van der Waals surface area contributed by atoms with Gasteiger partial charge in [-0.15, -0.1) is 0 Å². The number of hydrogen-bond acceptors (Lipinski definition) is 4. The maximum Gasteiger partial charge on any atom is 0.241 e. The molecular formula is C11H15Br2NO4S. The summed E-state index contributed by atoms with van der Waals surface area (Å²) < 4.78 is 32.5. The van der Waals surface area contributed by atoms with Crippen LogP contribution in [-0.2, 0) is 14.8 Å². The monoisotopic (exact) mass is 415 g/mol. The van der Waals surface area contributed by atoms with Crippen LogP contribution in [0.4, 0.5) is 0 Å². The predicted octanol–water partition coefficient (Wildman–Crippen LogP) is 1.81. The van der Waals surface area contributed by atoms with Crippen molar-refractivity contribution in [2.75, 3.05) is 20.3 Å². The van der Waals surface area contributed by atoms with E-state index in [4.69, 9.17) is 4.74 Å². The number of hydrogen-bond donors (Lipinski definition) is 2. The van der Waals surface area contributed by atoms with Crippen molar-refractivity contribution >= 4 is 41.9 Å². The Kier molecular flexibility index (Phi) is 6.41. The molecule has 0 radical (unpaired) electrons.